The van der Waals surface area contributed by atoms with E-state index >= 15 is 0 Å². The monoisotopic (exact) mass is 220 g/mol. The minimum absolute atomic E-state index is 0.334. The van der Waals surface area contributed by atoms with Gasteiger partial charge in [0.15, 0.2) is 0 Å². The molecule has 2 aliphatic heterocycles. The van der Waals surface area contributed by atoms with Crippen molar-refractivity contribution in [3.8, 4) is 0 Å². The summed E-state index contributed by atoms with van der Waals surface area (Å²) in [5.41, 5.74) is 1.76. The van der Waals surface area contributed by atoms with Crippen LogP contribution in [-0.4, -0.2) is 35.2 Å². The van der Waals surface area contributed by atoms with Crippen molar-refractivity contribution in [1.29, 1.82) is 0 Å². The first kappa shape index (κ1) is 9.70. The number of hydrogen-bond donors (Lipinski definition) is 1. The molecule has 2 aliphatic rings. The van der Waals surface area contributed by atoms with Crippen LogP contribution in [0.3, 0.4) is 0 Å². The molecule has 1 spiro atoms. The summed E-state index contributed by atoms with van der Waals surface area (Å²) in [6, 6.07) is 10.8. The van der Waals surface area contributed by atoms with Gasteiger partial charge in [-0.15, -0.1) is 0 Å². The van der Waals surface area contributed by atoms with E-state index < -0.39 is 0 Å². The maximum Gasteiger partial charge on any atom is 0.0901 e. The molecule has 1 aromatic carbocycles. The van der Waals surface area contributed by atoms with Crippen molar-refractivity contribution in [1.82, 2.24) is 10.2 Å². The minimum Gasteiger partial charge on any atom is -0.296 e. The summed E-state index contributed by atoms with van der Waals surface area (Å²) in [6.07, 6.45) is 0. The van der Waals surface area contributed by atoms with Crippen LogP contribution < -0.4 is 5.32 Å². The van der Waals surface area contributed by atoms with Crippen LogP contribution in [0.2, 0.25) is 0 Å². The van der Waals surface area contributed by atoms with Crippen molar-refractivity contribution in [2.24, 2.45) is 0 Å². The van der Waals surface area contributed by atoms with Crippen LogP contribution >= 0.6 is 11.8 Å². The highest BCUT2D eigenvalue weighted by Crippen LogP contribution is 2.35. The molecule has 1 N–H and O–H groups in total. The fourth-order valence-corrected chi connectivity index (χ4v) is 3.52. The Morgan fingerprint density at radius 3 is 2.73 bits per heavy atom. The first-order chi connectivity index (χ1) is 7.39. The molecule has 0 aromatic heterocycles. The van der Waals surface area contributed by atoms with Gasteiger partial charge in [0.25, 0.3) is 0 Å². The Hall–Kier alpha value is -0.510. The third-order valence-corrected chi connectivity index (χ3v) is 4.70. The van der Waals surface area contributed by atoms with Crippen LogP contribution in [-0.2, 0) is 6.54 Å². The SMILES string of the molecule is c1ccc(CN2CCNC23CSC3)cc1. The summed E-state index contributed by atoms with van der Waals surface area (Å²) in [5, 5.41) is 3.64. The van der Waals surface area contributed by atoms with E-state index in [0.29, 0.717) is 5.66 Å². The summed E-state index contributed by atoms with van der Waals surface area (Å²) in [7, 11) is 0. The van der Waals surface area contributed by atoms with Gasteiger partial charge in [0.1, 0.15) is 0 Å². The lowest BCUT2D eigenvalue weighted by Crippen LogP contribution is -2.60. The van der Waals surface area contributed by atoms with Gasteiger partial charge in [-0.1, -0.05) is 30.3 Å². The Kier molecular flexibility index (Phi) is 2.47. The fraction of sp³-hybridized carbons (Fsp3) is 0.500. The van der Waals surface area contributed by atoms with Crippen molar-refractivity contribution < 1.29 is 0 Å². The highest BCUT2D eigenvalue weighted by atomic mass is 32.2. The first-order valence-corrected chi connectivity index (χ1v) is 6.66. The molecule has 3 rings (SSSR count). The van der Waals surface area contributed by atoms with Crippen molar-refractivity contribution >= 4 is 11.8 Å². The van der Waals surface area contributed by atoms with E-state index in [2.05, 4.69) is 40.5 Å². The van der Waals surface area contributed by atoms with Crippen LogP contribution in [0.4, 0.5) is 0 Å². The van der Waals surface area contributed by atoms with E-state index in [-0.39, 0.29) is 0 Å². The van der Waals surface area contributed by atoms with Gasteiger partial charge in [-0.2, -0.15) is 11.8 Å². The maximum atomic E-state index is 3.64. The van der Waals surface area contributed by atoms with E-state index in [1.165, 1.54) is 23.6 Å². The van der Waals surface area contributed by atoms with Crippen molar-refractivity contribution in [2.45, 2.75) is 12.2 Å². The zero-order valence-corrected chi connectivity index (χ0v) is 9.59. The largest absolute Gasteiger partial charge is 0.296 e. The van der Waals surface area contributed by atoms with Gasteiger partial charge in [-0.05, 0) is 5.56 Å². The fourth-order valence-electron chi connectivity index (χ4n) is 2.36. The average molecular weight is 220 g/mol. The molecular formula is C12H16N2S. The summed E-state index contributed by atoms with van der Waals surface area (Å²) in [5.74, 6) is 2.50. The van der Waals surface area contributed by atoms with Gasteiger partial charge in [0.2, 0.25) is 0 Å². The number of benzene rings is 1. The standard InChI is InChI=1S/C12H16N2S/c1-2-4-11(5-3-1)8-14-7-6-13-12(14)9-15-10-12/h1-5,13H,6-10H2. The number of thioether (sulfide) groups is 1. The van der Waals surface area contributed by atoms with Crippen LogP contribution in [0.5, 0.6) is 0 Å². The van der Waals surface area contributed by atoms with Crippen LogP contribution in [0, 0.1) is 0 Å². The Morgan fingerprint density at radius 1 is 1.27 bits per heavy atom. The third kappa shape index (κ3) is 1.69. The summed E-state index contributed by atoms with van der Waals surface area (Å²) in [6.45, 7) is 3.43. The number of nitrogens with one attached hydrogen (secondary N) is 1. The molecule has 80 valence electrons. The van der Waals surface area contributed by atoms with Crippen LogP contribution in [0.15, 0.2) is 30.3 Å². The first-order valence-electron chi connectivity index (χ1n) is 5.51. The Labute approximate surface area is 95.0 Å². The Balaban J connectivity index is 1.73. The zero-order valence-electron chi connectivity index (χ0n) is 8.78. The van der Waals surface area contributed by atoms with Gasteiger partial charge >= 0.3 is 0 Å². The molecule has 15 heavy (non-hydrogen) atoms. The topological polar surface area (TPSA) is 15.3 Å². The van der Waals surface area contributed by atoms with E-state index in [0.717, 1.165) is 13.1 Å². The van der Waals surface area contributed by atoms with E-state index in [1.807, 2.05) is 11.8 Å². The summed E-state index contributed by atoms with van der Waals surface area (Å²) >= 11 is 2.04. The average Bonchev–Trinajstić information content (AvgIpc) is 2.62. The third-order valence-electron chi connectivity index (χ3n) is 3.34. The smallest absolute Gasteiger partial charge is 0.0901 e. The molecule has 0 radical (unpaired) electrons. The van der Waals surface area contributed by atoms with Crippen molar-refractivity contribution in [3.63, 3.8) is 0 Å². The minimum atomic E-state index is 0.334. The summed E-state index contributed by atoms with van der Waals surface area (Å²) < 4.78 is 0. The number of nitrogens with zero attached hydrogens (tertiary/aromatic N) is 1. The number of rotatable bonds is 2. The van der Waals surface area contributed by atoms with Gasteiger partial charge < -0.3 is 0 Å². The Bertz CT molecular complexity index is 335. The van der Waals surface area contributed by atoms with Crippen molar-refractivity contribution in [2.75, 3.05) is 24.6 Å². The normalized spacial score (nSPS) is 24.3. The summed E-state index contributed by atoms with van der Waals surface area (Å²) in [4.78, 5) is 2.60. The molecule has 0 atom stereocenters. The second-order valence-electron chi connectivity index (χ2n) is 4.36. The van der Waals surface area contributed by atoms with Crippen LogP contribution in [0.1, 0.15) is 5.56 Å². The van der Waals surface area contributed by atoms with Crippen LogP contribution in [0.25, 0.3) is 0 Å². The van der Waals surface area contributed by atoms with Crippen molar-refractivity contribution in [3.05, 3.63) is 35.9 Å². The van der Waals surface area contributed by atoms with Gasteiger partial charge in [0.05, 0.1) is 5.66 Å². The molecule has 0 aliphatic carbocycles. The molecule has 0 bridgehead atoms. The van der Waals surface area contributed by atoms with E-state index in [4.69, 9.17) is 0 Å². The lowest BCUT2D eigenvalue weighted by molar-refractivity contribution is 0.147. The molecular weight excluding hydrogens is 204 g/mol. The highest BCUT2D eigenvalue weighted by molar-refractivity contribution is 8.00. The molecule has 0 amide bonds. The quantitative estimate of drug-likeness (QED) is 0.814. The van der Waals surface area contributed by atoms with Gasteiger partial charge in [-0.3, -0.25) is 10.2 Å². The predicted molar refractivity (Wildman–Crippen MR) is 64.9 cm³/mol. The molecule has 2 fully saturated rings. The molecule has 0 saturated carbocycles. The highest BCUT2D eigenvalue weighted by Gasteiger charge is 2.45. The lowest BCUT2D eigenvalue weighted by atomic mass is 10.1. The predicted octanol–water partition coefficient (Wildman–Crippen LogP) is 1.53. The molecule has 2 saturated heterocycles. The molecule has 3 heteroatoms. The van der Waals surface area contributed by atoms with Gasteiger partial charge in [0, 0.05) is 31.1 Å². The van der Waals surface area contributed by atoms with E-state index in [9.17, 15) is 0 Å². The second-order valence-corrected chi connectivity index (χ2v) is 5.34. The lowest BCUT2D eigenvalue weighted by Gasteiger charge is -2.45. The number of hydrogen-bond acceptors (Lipinski definition) is 3. The second kappa shape index (κ2) is 3.81. The molecule has 1 aromatic rings. The maximum absolute atomic E-state index is 3.64. The molecule has 2 heterocycles. The van der Waals surface area contributed by atoms with Gasteiger partial charge in [-0.25, -0.2) is 0 Å². The Morgan fingerprint density at radius 2 is 2.07 bits per heavy atom. The zero-order chi connectivity index (χ0) is 10.1. The van der Waals surface area contributed by atoms with E-state index in [1.54, 1.807) is 0 Å². The molecule has 2 nitrogen and oxygen atoms in total. The molecule has 0 unspecified atom stereocenters.